The lowest BCUT2D eigenvalue weighted by atomic mass is 9.87. The third kappa shape index (κ3) is 6.01. The molecule has 0 amide bonds. The summed E-state index contributed by atoms with van der Waals surface area (Å²) in [4.78, 5) is 25.8. The molecule has 190 valence electrons. The number of aldehydes is 1. The molecule has 0 radical (unpaired) electrons. The number of aliphatic hydroxyl groups is 1. The predicted molar refractivity (Wildman–Crippen MR) is 112 cm³/mol. The molecule has 1 fully saturated rings. The lowest BCUT2D eigenvalue weighted by Crippen LogP contribution is -2.34. The number of nitrogens with zero attached hydrogens (tertiary/aromatic N) is 1. The van der Waals surface area contributed by atoms with Gasteiger partial charge in [-0.3, -0.25) is 4.79 Å². The van der Waals surface area contributed by atoms with Crippen LogP contribution in [0.2, 0.25) is 0 Å². The number of Topliss-reactive ketones (excluding diaryl/α,β-unsaturated/α-hetero) is 1. The Labute approximate surface area is 196 Å². The topological polar surface area (TPSA) is 57.6 Å². The molecule has 4 nitrogen and oxygen atoms in total. The summed E-state index contributed by atoms with van der Waals surface area (Å²) in [7, 11) is 0. The van der Waals surface area contributed by atoms with Gasteiger partial charge in [0.2, 0.25) is 0 Å². The van der Waals surface area contributed by atoms with Crippen LogP contribution in [-0.4, -0.2) is 29.9 Å². The first-order chi connectivity index (χ1) is 16.4. The molecular formula is C24H22F7NO3. The average Bonchev–Trinajstić information content (AvgIpc) is 3.29. The van der Waals surface area contributed by atoms with E-state index in [9.17, 15) is 45.4 Å². The second kappa shape index (κ2) is 10.3. The number of hydrogen-bond donors (Lipinski definition) is 1. The van der Waals surface area contributed by atoms with Gasteiger partial charge in [0, 0.05) is 18.2 Å². The van der Waals surface area contributed by atoms with Crippen LogP contribution >= 0.6 is 0 Å². The Morgan fingerprint density at radius 1 is 1.00 bits per heavy atom. The summed E-state index contributed by atoms with van der Waals surface area (Å²) in [5.41, 5.74) is -4.02. The van der Waals surface area contributed by atoms with Gasteiger partial charge in [0.05, 0.1) is 17.0 Å². The average molecular weight is 505 g/mol. The Balaban J connectivity index is 1.97. The molecule has 0 aromatic heterocycles. The zero-order valence-corrected chi connectivity index (χ0v) is 18.3. The van der Waals surface area contributed by atoms with Gasteiger partial charge < -0.3 is 14.8 Å². The minimum Gasteiger partial charge on any atom is -0.376 e. The largest absolute Gasteiger partial charge is 0.416 e. The van der Waals surface area contributed by atoms with Crippen molar-refractivity contribution in [2.45, 2.75) is 56.4 Å². The first kappa shape index (κ1) is 26.7. The molecule has 0 saturated heterocycles. The number of ketones is 1. The van der Waals surface area contributed by atoms with E-state index < -0.39 is 65.3 Å². The summed E-state index contributed by atoms with van der Waals surface area (Å²) in [5.74, 6) is -4.49. The van der Waals surface area contributed by atoms with Gasteiger partial charge in [-0.25, -0.2) is 4.39 Å². The number of halogens is 7. The molecular weight excluding hydrogens is 483 g/mol. The molecule has 1 aliphatic rings. The Bertz CT molecular complexity index is 1080. The Hall–Kier alpha value is -2.95. The Morgan fingerprint density at radius 3 is 2.17 bits per heavy atom. The number of anilines is 1. The third-order valence-electron chi connectivity index (χ3n) is 6.15. The number of benzene rings is 2. The second-order valence-corrected chi connectivity index (χ2v) is 8.37. The maximum Gasteiger partial charge on any atom is 0.416 e. The van der Waals surface area contributed by atoms with Crippen molar-refractivity contribution in [3.8, 4) is 0 Å². The van der Waals surface area contributed by atoms with Crippen LogP contribution in [0, 0.1) is 5.82 Å². The number of alkyl halides is 6. The molecule has 35 heavy (non-hydrogen) atoms. The molecule has 0 spiro atoms. The first-order valence-corrected chi connectivity index (χ1v) is 10.8. The van der Waals surface area contributed by atoms with Crippen molar-refractivity contribution in [3.63, 3.8) is 0 Å². The summed E-state index contributed by atoms with van der Waals surface area (Å²) in [6, 6.07) is 4.34. The van der Waals surface area contributed by atoms with Gasteiger partial charge in [-0.1, -0.05) is 25.0 Å². The Kier molecular flexibility index (Phi) is 7.88. The van der Waals surface area contributed by atoms with Crippen molar-refractivity contribution in [3.05, 3.63) is 64.5 Å². The summed E-state index contributed by atoms with van der Waals surface area (Å²) >= 11 is 0. The van der Waals surface area contributed by atoms with Gasteiger partial charge in [-0.05, 0) is 48.2 Å². The van der Waals surface area contributed by atoms with E-state index in [4.69, 9.17) is 0 Å². The zero-order chi connectivity index (χ0) is 26.0. The molecule has 11 heteroatoms. The molecule has 1 saturated carbocycles. The highest BCUT2D eigenvalue weighted by Crippen LogP contribution is 2.39. The first-order valence-electron chi connectivity index (χ1n) is 10.8. The van der Waals surface area contributed by atoms with Crippen LogP contribution in [-0.2, 0) is 28.4 Å². The highest BCUT2D eigenvalue weighted by Gasteiger charge is 2.39. The molecule has 0 bridgehead atoms. The van der Waals surface area contributed by atoms with Gasteiger partial charge in [-0.2, -0.15) is 26.3 Å². The number of carbonyl (C=O) groups is 2. The molecule has 0 aliphatic heterocycles. The van der Waals surface area contributed by atoms with Crippen molar-refractivity contribution in [2.24, 2.45) is 0 Å². The van der Waals surface area contributed by atoms with Crippen molar-refractivity contribution in [2.75, 3.05) is 11.6 Å². The Morgan fingerprint density at radius 2 is 1.63 bits per heavy atom. The summed E-state index contributed by atoms with van der Waals surface area (Å²) in [5, 5.41) is 9.72. The number of carbonyl (C=O) groups excluding carboxylic acids is 2. The van der Waals surface area contributed by atoms with E-state index in [0.29, 0.717) is 25.0 Å². The van der Waals surface area contributed by atoms with Gasteiger partial charge in [0.1, 0.15) is 18.8 Å². The third-order valence-corrected chi connectivity index (χ3v) is 6.15. The van der Waals surface area contributed by atoms with Crippen LogP contribution in [0.15, 0.2) is 36.4 Å². The van der Waals surface area contributed by atoms with Crippen molar-refractivity contribution >= 4 is 17.8 Å². The summed E-state index contributed by atoms with van der Waals surface area (Å²) in [6.45, 7) is -0.516. The van der Waals surface area contributed by atoms with Crippen LogP contribution in [0.25, 0.3) is 0 Å². The monoisotopic (exact) mass is 505 g/mol. The number of rotatable bonds is 8. The maximum absolute atomic E-state index is 13.8. The van der Waals surface area contributed by atoms with Crippen LogP contribution in [0.1, 0.15) is 53.9 Å². The van der Waals surface area contributed by atoms with Gasteiger partial charge >= 0.3 is 12.4 Å². The highest BCUT2D eigenvalue weighted by molar-refractivity contribution is 6.00. The normalized spacial score (nSPS) is 15.8. The maximum atomic E-state index is 13.8. The number of hydrogen-bond acceptors (Lipinski definition) is 4. The summed E-state index contributed by atoms with van der Waals surface area (Å²) < 4.78 is 95.0. The van der Waals surface area contributed by atoms with Crippen molar-refractivity contribution in [1.82, 2.24) is 0 Å². The molecule has 0 heterocycles. The molecule has 1 aliphatic carbocycles. The zero-order valence-electron chi connectivity index (χ0n) is 18.3. The van der Waals surface area contributed by atoms with E-state index >= 15 is 0 Å². The van der Waals surface area contributed by atoms with E-state index in [0.717, 1.165) is 25.0 Å². The lowest BCUT2D eigenvalue weighted by molar-refractivity contribution is -0.139. The minimum atomic E-state index is -5.09. The van der Waals surface area contributed by atoms with Crippen LogP contribution in [0.3, 0.4) is 0 Å². The van der Waals surface area contributed by atoms with E-state index in [1.165, 1.54) is 11.0 Å². The van der Waals surface area contributed by atoms with E-state index in [-0.39, 0.29) is 24.1 Å². The second-order valence-electron chi connectivity index (χ2n) is 8.37. The standard InChI is InChI=1S/C24H22F7NO3/c25-15-6-8-18(21(10-15)24(29,30)31)19(12-33)22(35)9-14-5-7-17(11-20(14)23(26,27)28)32(13-34)16-3-1-2-4-16/h5-8,10-12,16,19,34H,1-4,9,13H2. The predicted octanol–water partition coefficient (Wildman–Crippen LogP) is 5.66. The molecule has 1 atom stereocenters. The quantitative estimate of drug-likeness (QED) is 0.218. The molecule has 1 N–H and O–H groups in total. The number of aliphatic hydroxyl groups excluding tert-OH is 1. The molecule has 1 unspecified atom stereocenters. The van der Waals surface area contributed by atoms with E-state index in [1.807, 2.05) is 0 Å². The molecule has 3 rings (SSSR count). The van der Waals surface area contributed by atoms with Gasteiger partial charge in [0.15, 0.2) is 5.78 Å². The van der Waals surface area contributed by atoms with E-state index in [2.05, 4.69) is 0 Å². The SMILES string of the molecule is O=CC(C(=O)Cc1ccc(N(CO)C2CCCC2)cc1C(F)(F)F)c1ccc(F)cc1C(F)(F)F. The van der Waals surface area contributed by atoms with Gasteiger partial charge in [-0.15, -0.1) is 0 Å². The van der Waals surface area contributed by atoms with E-state index in [1.54, 1.807) is 0 Å². The smallest absolute Gasteiger partial charge is 0.376 e. The van der Waals surface area contributed by atoms with Gasteiger partial charge in [0.25, 0.3) is 0 Å². The van der Waals surface area contributed by atoms with Crippen molar-refractivity contribution < 1.29 is 45.4 Å². The lowest BCUT2D eigenvalue weighted by Gasteiger charge is -2.30. The van der Waals surface area contributed by atoms with Crippen LogP contribution in [0.4, 0.5) is 36.4 Å². The fourth-order valence-electron chi connectivity index (χ4n) is 4.45. The summed E-state index contributed by atoms with van der Waals surface area (Å²) in [6.07, 6.45) is -7.94. The molecule has 2 aromatic carbocycles. The minimum absolute atomic E-state index is 0.0905. The highest BCUT2D eigenvalue weighted by atomic mass is 19.4. The fraction of sp³-hybridized carbons (Fsp3) is 0.417. The van der Waals surface area contributed by atoms with Crippen LogP contribution in [0.5, 0.6) is 0 Å². The molecule has 2 aromatic rings. The fourth-order valence-corrected chi connectivity index (χ4v) is 4.45. The van der Waals surface area contributed by atoms with Crippen LogP contribution < -0.4 is 4.90 Å². The van der Waals surface area contributed by atoms with Crippen molar-refractivity contribution in [1.29, 1.82) is 0 Å².